The summed E-state index contributed by atoms with van der Waals surface area (Å²) in [4.78, 5) is 51.9. The van der Waals surface area contributed by atoms with Crippen molar-refractivity contribution in [1.29, 1.82) is 0 Å². The van der Waals surface area contributed by atoms with E-state index in [9.17, 15) is 14.4 Å². The largest absolute Gasteiger partial charge is 0.459 e. The zero-order valence-electron chi connectivity index (χ0n) is 22.6. The molecule has 1 fully saturated rings. The molecule has 0 amide bonds. The fourth-order valence-corrected chi connectivity index (χ4v) is 4.56. The second-order valence-electron chi connectivity index (χ2n) is 9.84. The Labute approximate surface area is 229 Å². The quantitative estimate of drug-likeness (QED) is 0.359. The van der Waals surface area contributed by atoms with Crippen LogP contribution in [0.3, 0.4) is 0 Å². The Morgan fingerprint density at radius 3 is 2.15 bits per heavy atom. The second-order valence-corrected chi connectivity index (χ2v) is 9.84. The fraction of sp³-hybridized carbons (Fsp3) is 0.310. The number of fused-ring (bicyclic) bond motifs is 1. The molecule has 0 radical (unpaired) electrons. The van der Waals surface area contributed by atoms with Crippen LogP contribution < -0.4 is 11.3 Å². The molecule has 2 aromatic heterocycles. The van der Waals surface area contributed by atoms with Crippen LogP contribution in [0.5, 0.6) is 0 Å². The number of esters is 2. The average Bonchev–Trinajstić information content (AvgIpc) is 3.31. The minimum atomic E-state index is -0.899. The van der Waals surface area contributed by atoms with Crippen molar-refractivity contribution in [3.63, 3.8) is 0 Å². The van der Waals surface area contributed by atoms with Crippen molar-refractivity contribution < 1.29 is 23.8 Å². The van der Waals surface area contributed by atoms with Gasteiger partial charge in [-0.25, -0.2) is 24.5 Å². The van der Waals surface area contributed by atoms with Crippen molar-refractivity contribution in [2.45, 2.75) is 52.6 Å². The predicted molar refractivity (Wildman–Crippen MR) is 146 cm³/mol. The molecule has 1 aliphatic heterocycles. The first-order valence-corrected chi connectivity index (χ1v) is 12.8. The van der Waals surface area contributed by atoms with Crippen molar-refractivity contribution in [2.24, 2.45) is 0 Å². The highest BCUT2D eigenvalue weighted by atomic mass is 16.6. The van der Waals surface area contributed by atoms with Gasteiger partial charge in [0, 0.05) is 6.42 Å². The number of hydrogen-bond acceptors (Lipinski definition) is 10. The average molecular weight is 544 g/mol. The summed E-state index contributed by atoms with van der Waals surface area (Å²) in [5, 5.41) is 0. The molecule has 4 aromatic rings. The number of benzene rings is 2. The number of aryl methyl sites for hydroxylation is 4. The van der Waals surface area contributed by atoms with Gasteiger partial charge in [0.1, 0.15) is 42.1 Å². The molecular weight excluding hydrogens is 514 g/mol. The van der Waals surface area contributed by atoms with E-state index in [-0.39, 0.29) is 35.7 Å². The van der Waals surface area contributed by atoms with Crippen LogP contribution in [0, 0.1) is 27.7 Å². The minimum absolute atomic E-state index is 0.103. The lowest BCUT2D eigenvalue weighted by atomic mass is 10.1. The number of nitrogens with two attached hydrogens (primary N) is 1. The van der Waals surface area contributed by atoms with Crippen LogP contribution in [0.25, 0.3) is 11.2 Å². The topological polar surface area (TPSA) is 149 Å². The summed E-state index contributed by atoms with van der Waals surface area (Å²) in [5.41, 5.74) is 9.04. The molecule has 3 heterocycles. The standard InChI is InChI=1S/C29H29N5O6/c1-15-5-9-19(10-6-15)28(36)38-14-22-21(40-29(37)20-11-7-16(2)8-12-20)13-23(39-22)34-26-24(31-17(3)27(34)35)25(30)32-18(4)33-26/h5-12,21-23H,13-14H2,1-4H3,(H2,30,32,33)/t21-,22-,23?/m1/s1. The Morgan fingerprint density at radius 1 is 0.925 bits per heavy atom. The normalized spacial score (nSPS) is 18.6. The first-order valence-electron chi connectivity index (χ1n) is 12.8. The van der Waals surface area contributed by atoms with Gasteiger partial charge >= 0.3 is 11.9 Å². The molecule has 0 saturated carbocycles. The fourth-order valence-electron chi connectivity index (χ4n) is 4.56. The zero-order chi connectivity index (χ0) is 28.6. The van der Waals surface area contributed by atoms with Crippen LogP contribution in [-0.4, -0.2) is 50.3 Å². The molecule has 0 spiro atoms. The Morgan fingerprint density at radius 2 is 1.52 bits per heavy atom. The number of ether oxygens (including phenoxy) is 3. The van der Waals surface area contributed by atoms with Crippen LogP contribution in [0.4, 0.5) is 5.82 Å². The van der Waals surface area contributed by atoms with E-state index in [1.54, 1.807) is 38.1 Å². The number of rotatable bonds is 6. The molecule has 2 aromatic carbocycles. The zero-order valence-corrected chi connectivity index (χ0v) is 22.6. The third kappa shape index (κ3) is 5.41. The highest BCUT2D eigenvalue weighted by Crippen LogP contribution is 2.33. The Kier molecular flexibility index (Phi) is 7.31. The Balaban J connectivity index is 1.46. The maximum absolute atomic E-state index is 13.3. The maximum atomic E-state index is 13.3. The molecule has 1 unspecified atom stereocenters. The number of carbonyl (C=O) groups excluding carboxylic acids is 2. The first kappa shape index (κ1) is 26.9. The van der Waals surface area contributed by atoms with E-state index in [1.807, 2.05) is 38.1 Å². The predicted octanol–water partition coefficient (Wildman–Crippen LogP) is 3.37. The summed E-state index contributed by atoms with van der Waals surface area (Å²) >= 11 is 0. The summed E-state index contributed by atoms with van der Waals surface area (Å²) < 4.78 is 19.0. The van der Waals surface area contributed by atoms with Crippen LogP contribution >= 0.6 is 0 Å². The van der Waals surface area contributed by atoms with E-state index in [0.717, 1.165) is 11.1 Å². The number of anilines is 1. The Bertz CT molecular complexity index is 1650. The molecule has 0 aliphatic carbocycles. The number of nitrogen functional groups attached to an aromatic ring is 1. The van der Waals surface area contributed by atoms with E-state index >= 15 is 0 Å². The highest BCUT2D eigenvalue weighted by molar-refractivity contribution is 5.90. The lowest BCUT2D eigenvalue weighted by molar-refractivity contribution is -0.0570. The molecule has 2 N–H and O–H groups in total. The molecule has 11 heteroatoms. The van der Waals surface area contributed by atoms with Crippen molar-refractivity contribution in [1.82, 2.24) is 19.5 Å². The van der Waals surface area contributed by atoms with Crippen molar-refractivity contribution in [2.75, 3.05) is 12.3 Å². The van der Waals surface area contributed by atoms with Crippen LogP contribution in [0.1, 0.15) is 56.0 Å². The minimum Gasteiger partial charge on any atom is -0.459 e. The van der Waals surface area contributed by atoms with Gasteiger partial charge in [-0.2, -0.15) is 0 Å². The maximum Gasteiger partial charge on any atom is 0.338 e. The van der Waals surface area contributed by atoms with Crippen LogP contribution in [-0.2, 0) is 14.2 Å². The first-order chi connectivity index (χ1) is 19.1. The summed E-state index contributed by atoms with van der Waals surface area (Å²) in [7, 11) is 0. The molecular formula is C29H29N5O6. The SMILES string of the molecule is Cc1ccc(C(=O)OC[C@H]2OC(n3c(=O)c(C)nc4c(N)nc(C)nc43)C[C@H]2OC(=O)c2ccc(C)cc2)cc1. The van der Waals surface area contributed by atoms with Gasteiger partial charge in [-0.15, -0.1) is 0 Å². The van der Waals surface area contributed by atoms with E-state index in [4.69, 9.17) is 19.9 Å². The Hall–Kier alpha value is -4.64. The molecule has 1 saturated heterocycles. The smallest absolute Gasteiger partial charge is 0.338 e. The van der Waals surface area contributed by atoms with Gasteiger partial charge in [-0.05, 0) is 52.0 Å². The van der Waals surface area contributed by atoms with Gasteiger partial charge in [0.25, 0.3) is 5.56 Å². The lowest BCUT2D eigenvalue weighted by Crippen LogP contribution is -2.32. The number of aromatic nitrogens is 4. The van der Waals surface area contributed by atoms with Crippen molar-refractivity contribution >= 4 is 28.9 Å². The molecule has 1 aliphatic rings. The molecule has 11 nitrogen and oxygen atoms in total. The summed E-state index contributed by atoms with van der Waals surface area (Å²) in [6.07, 6.45) is -2.49. The van der Waals surface area contributed by atoms with E-state index in [0.29, 0.717) is 17.0 Å². The second kappa shape index (κ2) is 10.9. The molecule has 40 heavy (non-hydrogen) atoms. The van der Waals surface area contributed by atoms with Gasteiger partial charge in [0.2, 0.25) is 0 Å². The van der Waals surface area contributed by atoms with Gasteiger partial charge < -0.3 is 19.9 Å². The number of hydrogen-bond donors (Lipinski definition) is 1. The van der Waals surface area contributed by atoms with E-state index in [2.05, 4.69) is 15.0 Å². The van der Waals surface area contributed by atoms with E-state index in [1.165, 1.54) is 4.57 Å². The van der Waals surface area contributed by atoms with E-state index < -0.39 is 35.9 Å². The molecule has 0 bridgehead atoms. The third-order valence-corrected chi connectivity index (χ3v) is 6.72. The summed E-state index contributed by atoms with van der Waals surface area (Å²) in [5.74, 6) is -0.625. The van der Waals surface area contributed by atoms with Gasteiger partial charge in [-0.1, -0.05) is 35.4 Å². The van der Waals surface area contributed by atoms with Crippen LogP contribution in [0.15, 0.2) is 53.3 Å². The summed E-state index contributed by atoms with van der Waals surface area (Å²) in [6.45, 7) is 6.84. The molecule has 5 rings (SSSR count). The van der Waals surface area contributed by atoms with Gasteiger partial charge in [0.15, 0.2) is 11.5 Å². The lowest BCUT2D eigenvalue weighted by Gasteiger charge is -2.19. The van der Waals surface area contributed by atoms with Crippen molar-refractivity contribution in [3.8, 4) is 0 Å². The number of carbonyl (C=O) groups is 2. The van der Waals surface area contributed by atoms with Gasteiger partial charge in [-0.3, -0.25) is 9.36 Å². The highest BCUT2D eigenvalue weighted by Gasteiger charge is 2.41. The number of nitrogens with zero attached hydrogens (tertiary/aromatic N) is 4. The van der Waals surface area contributed by atoms with Crippen LogP contribution in [0.2, 0.25) is 0 Å². The molecule has 206 valence electrons. The molecule has 3 atom stereocenters. The summed E-state index contributed by atoms with van der Waals surface area (Å²) in [6, 6.07) is 13.9. The van der Waals surface area contributed by atoms with Gasteiger partial charge in [0.05, 0.1) is 11.1 Å². The third-order valence-electron chi connectivity index (χ3n) is 6.72. The van der Waals surface area contributed by atoms with Crippen molar-refractivity contribution in [3.05, 3.63) is 92.7 Å². The monoisotopic (exact) mass is 543 g/mol.